The Balaban J connectivity index is 1.47. The van der Waals surface area contributed by atoms with Gasteiger partial charge < -0.3 is 26.0 Å². The van der Waals surface area contributed by atoms with Gasteiger partial charge in [0.1, 0.15) is 6.04 Å². The highest BCUT2D eigenvalue weighted by Crippen LogP contribution is 2.33. The van der Waals surface area contributed by atoms with Gasteiger partial charge in [0, 0.05) is 19.7 Å². The molecule has 0 fully saturated rings. The lowest BCUT2D eigenvalue weighted by molar-refractivity contribution is -0.126. The highest BCUT2D eigenvalue weighted by molar-refractivity contribution is 6.03. The zero-order valence-electron chi connectivity index (χ0n) is 17.9. The number of carbonyl (C=O) groups excluding carboxylic acids is 3. The summed E-state index contributed by atoms with van der Waals surface area (Å²) in [7, 11) is 1.76. The molecule has 0 radical (unpaired) electrons. The Morgan fingerprint density at radius 3 is 2.73 bits per heavy atom. The van der Waals surface area contributed by atoms with Crippen LogP contribution in [0.2, 0.25) is 0 Å². The predicted molar refractivity (Wildman–Crippen MR) is 125 cm³/mol. The van der Waals surface area contributed by atoms with E-state index in [9.17, 15) is 14.4 Å². The van der Waals surface area contributed by atoms with Gasteiger partial charge in [-0.3, -0.25) is 19.4 Å². The van der Waals surface area contributed by atoms with Gasteiger partial charge in [-0.15, -0.1) is 0 Å². The molecule has 0 aromatic heterocycles. The second-order valence-electron chi connectivity index (χ2n) is 7.61. The summed E-state index contributed by atoms with van der Waals surface area (Å²) in [5.41, 5.74) is 9.96. The molecular weight excluding hydrogens is 422 g/mol. The first-order chi connectivity index (χ1) is 15.9. The van der Waals surface area contributed by atoms with Crippen molar-refractivity contribution in [2.24, 2.45) is 10.7 Å². The maximum atomic E-state index is 12.4. The van der Waals surface area contributed by atoms with E-state index < -0.39 is 17.9 Å². The van der Waals surface area contributed by atoms with Gasteiger partial charge in [0.15, 0.2) is 0 Å². The highest BCUT2D eigenvalue weighted by atomic mass is 16.5. The molecule has 0 spiro atoms. The highest BCUT2D eigenvalue weighted by Gasteiger charge is 2.23. The molecule has 0 saturated heterocycles. The third kappa shape index (κ3) is 4.93. The summed E-state index contributed by atoms with van der Waals surface area (Å²) in [6, 6.07) is 12.6. The number of benzene rings is 2. The van der Waals surface area contributed by atoms with Crippen molar-refractivity contribution >= 4 is 35.3 Å². The summed E-state index contributed by atoms with van der Waals surface area (Å²) in [5, 5.41) is 5.70. The Kier molecular flexibility index (Phi) is 6.21. The monoisotopic (exact) mass is 445 g/mol. The SMILES string of the molecule is CN1C(=O)CNc2ccc(-c3ccc(C[C@H](NC(=O)C4=CN=CC=CO4)C(N)=O)cc3)cc21. The summed E-state index contributed by atoms with van der Waals surface area (Å²) in [4.78, 5) is 41.8. The number of amides is 3. The van der Waals surface area contributed by atoms with Crippen LogP contribution in [0.4, 0.5) is 11.4 Å². The van der Waals surface area contributed by atoms with Crippen molar-refractivity contribution in [2.75, 3.05) is 23.8 Å². The Labute approximate surface area is 190 Å². The number of fused-ring (bicyclic) bond motifs is 1. The minimum atomic E-state index is -0.918. The van der Waals surface area contributed by atoms with Gasteiger partial charge in [-0.25, -0.2) is 0 Å². The van der Waals surface area contributed by atoms with E-state index in [0.29, 0.717) is 0 Å². The van der Waals surface area contributed by atoms with Crippen molar-refractivity contribution in [3.05, 3.63) is 72.3 Å². The smallest absolute Gasteiger partial charge is 0.289 e. The number of nitrogens with zero attached hydrogens (tertiary/aromatic N) is 2. The normalized spacial score (nSPS) is 15.5. The fourth-order valence-corrected chi connectivity index (χ4v) is 3.53. The summed E-state index contributed by atoms with van der Waals surface area (Å²) in [5.74, 6) is -1.27. The van der Waals surface area contributed by atoms with E-state index in [1.165, 1.54) is 18.7 Å². The van der Waals surface area contributed by atoms with Crippen LogP contribution in [-0.4, -0.2) is 43.6 Å². The third-order valence-corrected chi connectivity index (χ3v) is 5.40. The standard InChI is InChI=1S/C24H23N5O4/c1-29-20-12-17(7-8-18(20)27-14-22(29)30)16-5-3-15(4-6-16)11-19(23(25)31)28-24(32)21-13-26-9-2-10-33-21/h2-10,12-13,19,27H,11,14H2,1H3,(H2,25,31)(H,28,32)/t19-/m0/s1. The Morgan fingerprint density at radius 2 is 1.97 bits per heavy atom. The van der Waals surface area contributed by atoms with E-state index in [-0.39, 0.29) is 24.6 Å². The molecule has 0 saturated carbocycles. The molecule has 0 aliphatic carbocycles. The molecular formula is C24H23N5O4. The number of allylic oxidation sites excluding steroid dienone is 1. The summed E-state index contributed by atoms with van der Waals surface area (Å²) in [6.07, 6.45) is 5.83. The minimum Gasteiger partial charge on any atom is -0.458 e. The van der Waals surface area contributed by atoms with E-state index in [1.807, 2.05) is 42.5 Å². The lowest BCUT2D eigenvalue weighted by Gasteiger charge is -2.27. The first-order valence-corrected chi connectivity index (χ1v) is 10.3. The maximum absolute atomic E-state index is 12.4. The zero-order chi connectivity index (χ0) is 23.4. The minimum absolute atomic E-state index is 0.00220. The van der Waals surface area contributed by atoms with Gasteiger partial charge in [0.2, 0.25) is 17.6 Å². The largest absolute Gasteiger partial charge is 0.458 e. The van der Waals surface area contributed by atoms with Crippen LogP contribution in [0.1, 0.15) is 5.56 Å². The number of nitrogens with two attached hydrogens (primary N) is 1. The van der Waals surface area contributed by atoms with E-state index in [4.69, 9.17) is 10.5 Å². The van der Waals surface area contributed by atoms with E-state index in [0.717, 1.165) is 28.1 Å². The predicted octanol–water partition coefficient (Wildman–Crippen LogP) is 1.71. The van der Waals surface area contributed by atoms with Crippen LogP contribution in [0, 0.1) is 0 Å². The van der Waals surface area contributed by atoms with E-state index in [2.05, 4.69) is 15.6 Å². The van der Waals surface area contributed by atoms with Gasteiger partial charge in [-0.05, 0) is 34.9 Å². The number of ether oxygens (including phenoxy) is 1. The molecule has 33 heavy (non-hydrogen) atoms. The average molecular weight is 445 g/mol. The molecule has 0 unspecified atom stereocenters. The lowest BCUT2D eigenvalue weighted by atomic mass is 9.99. The topological polar surface area (TPSA) is 126 Å². The molecule has 4 rings (SSSR count). The van der Waals surface area contributed by atoms with Crippen molar-refractivity contribution in [3.8, 4) is 11.1 Å². The lowest BCUT2D eigenvalue weighted by Crippen LogP contribution is -2.46. The molecule has 2 heterocycles. The second kappa shape index (κ2) is 9.39. The number of nitrogens with one attached hydrogen (secondary N) is 2. The molecule has 2 aliphatic heterocycles. The molecule has 2 aromatic rings. The van der Waals surface area contributed by atoms with Crippen molar-refractivity contribution in [1.82, 2.24) is 5.32 Å². The summed E-state index contributed by atoms with van der Waals surface area (Å²) < 4.78 is 5.18. The van der Waals surface area contributed by atoms with E-state index in [1.54, 1.807) is 18.0 Å². The van der Waals surface area contributed by atoms with Gasteiger partial charge in [-0.1, -0.05) is 30.3 Å². The molecule has 4 N–H and O–H groups in total. The second-order valence-corrected chi connectivity index (χ2v) is 7.61. The van der Waals surface area contributed by atoms with Crippen molar-refractivity contribution in [1.29, 1.82) is 0 Å². The molecule has 0 bridgehead atoms. The van der Waals surface area contributed by atoms with Crippen LogP contribution in [0.25, 0.3) is 11.1 Å². The summed E-state index contributed by atoms with van der Waals surface area (Å²) >= 11 is 0. The Morgan fingerprint density at radius 1 is 1.21 bits per heavy atom. The van der Waals surface area contributed by atoms with E-state index >= 15 is 0 Å². The number of carbonyl (C=O) groups is 3. The van der Waals surface area contributed by atoms with Gasteiger partial charge in [-0.2, -0.15) is 0 Å². The van der Waals surface area contributed by atoms with Crippen molar-refractivity contribution < 1.29 is 19.1 Å². The fourth-order valence-electron chi connectivity index (χ4n) is 3.53. The molecule has 9 heteroatoms. The Hall–Kier alpha value is -4.40. The zero-order valence-corrected chi connectivity index (χ0v) is 17.9. The van der Waals surface area contributed by atoms with Crippen LogP contribution in [0.3, 0.4) is 0 Å². The first kappa shape index (κ1) is 21.8. The number of likely N-dealkylation sites (N-methyl/N-ethyl adjacent to an activating group) is 1. The number of hydrogen-bond donors (Lipinski definition) is 3. The summed E-state index contributed by atoms with van der Waals surface area (Å²) in [6.45, 7) is 0.280. The Bertz CT molecular complexity index is 1180. The van der Waals surface area contributed by atoms with Gasteiger partial charge >= 0.3 is 0 Å². The number of anilines is 2. The molecule has 2 aromatic carbocycles. The van der Waals surface area contributed by atoms with Crippen LogP contribution in [0.15, 0.2) is 71.8 Å². The molecule has 2 aliphatic rings. The van der Waals surface area contributed by atoms with Gasteiger partial charge in [0.05, 0.1) is 30.4 Å². The molecule has 3 amide bonds. The maximum Gasteiger partial charge on any atom is 0.289 e. The molecule has 1 atom stereocenters. The number of rotatable bonds is 6. The molecule has 9 nitrogen and oxygen atoms in total. The van der Waals surface area contributed by atoms with Crippen molar-refractivity contribution in [3.63, 3.8) is 0 Å². The van der Waals surface area contributed by atoms with Crippen LogP contribution in [0.5, 0.6) is 0 Å². The number of hydrogen-bond acceptors (Lipinski definition) is 6. The van der Waals surface area contributed by atoms with Crippen LogP contribution >= 0.6 is 0 Å². The average Bonchev–Trinajstić information content (AvgIpc) is 3.11. The number of aliphatic imine (C=N–C) groups is 1. The fraction of sp³-hybridized carbons (Fsp3) is 0.167. The number of primary amides is 1. The first-order valence-electron chi connectivity index (χ1n) is 10.3. The van der Waals surface area contributed by atoms with Crippen molar-refractivity contribution in [2.45, 2.75) is 12.5 Å². The van der Waals surface area contributed by atoms with Crippen LogP contribution < -0.4 is 21.3 Å². The third-order valence-electron chi connectivity index (χ3n) is 5.40. The van der Waals surface area contributed by atoms with Gasteiger partial charge in [0.25, 0.3) is 5.91 Å². The van der Waals surface area contributed by atoms with Crippen LogP contribution in [-0.2, 0) is 25.5 Å². The molecule has 168 valence electrons. The quantitative estimate of drug-likeness (QED) is 0.624.